The number of ketones is 1. The number of carbonyl (C=O) groups excluding carboxylic acids is 1. The number of aromatic hydroxyl groups is 1. The van der Waals surface area contributed by atoms with E-state index >= 15 is 0 Å². The molecule has 0 radical (unpaired) electrons. The molecule has 0 heterocycles. The number of nitrogen functional groups attached to an aromatic ring is 1. The molecule has 5 nitrogen and oxygen atoms in total. The number of phenolic OH excluding ortho intramolecular Hbond substituents is 1. The molecule has 146 valence electrons. The van der Waals surface area contributed by atoms with Crippen LogP contribution in [0.3, 0.4) is 0 Å². The van der Waals surface area contributed by atoms with E-state index in [-0.39, 0.29) is 34.3 Å². The van der Waals surface area contributed by atoms with Crippen LogP contribution in [0.25, 0.3) is 0 Å². The standard InChI is InChI=1S/C16H25NO2.C6H6N2/c1-10(2)14(18)7-6-11-8-12(16(3,4)5)15(19)13(17)9-11;7-5-3-1-2-4-6(5)8/h8-10,19H,6-7,17H2,1-5H3;1-4,7-8H. The highest BCUT2D eigenvalue weighted by molar-refractivity contribution is 6.48. The Kier molecular flexibility index (Phi) is 7.70. The van der Waals surface area contributed by atoms with Crippen molar-refractivity contribution in [3.8, 4) is 5.75 Å². The topological polar surface area (TPSA) is 111 Å². The van der Waals surface area contributed by atoms with Crippen LogP contribution in [0.4, 0.5) is 5.69 Å². The largest absolute Gasteiger partial charge is 0.505 e. The van der Waals surface area contributed by atoms with Crippen LogP contribution in [0.1, 0.15) is 52.2 Å². The number of hydrogen-bond donors (Lipinski definition) is 4. The van der Waals surface area contributed by atoms with Gasteiger partial charge in [-0.25, -0.2) is 0 Å². The number of Topliss-reactive ketones (excluding diaryl/α,β-unsaturated/α-hetero) is 1. The summed E-state index contributed by atoms with van der Waals surface area (Å²) in [7, 11) is 0. The minimum Gasteiger partial charge on any atom is -0.505 e. The number of hydrogen-bond acceptors (Lipinski definition) is 5. The molecule has 0 aromatic heterocycles. The van der Waals surface area contributed by atoms with Gasteiger partial charge in [0.1, 0.15) is 11.5 Å². The predicted octanol–water partition coefficient (Wildman–Crippen LogP) is 4.58. The Morgan fingerprint density at radius 2 is 1.63 bits per heavy atom. The van der Waals surface area contributed by atoms with Gasteiger partial charge in [0.2, 0.25) is 0 Å². The number of nitrogens with one attached hydrogen (secondary N) is 2. The van der Waals surface area contributed by atoms with Crippen molar-refractivity contribution in [2.75, 3.05) is 5.73 Å². The highest BCUT2D eigenvalue weighted by Crippen LogP contribution is 2.36. The fraction of sp³-hybridized carbons (Fsp3) is 0.409. The molecule has 5 N–H and O–H groups in total. The average molecular weight is 370 g/mol. The van der Waals surface area contributed by atoms with E-state index in [0.717, 1.165) is 11.1 Å². The molecule has 1 aromatic rings. The van der Waals surface area contributed by atoms with Crippen LogP contribution in [0.5, 0.6) is 5.75 Å². The second kappa shape index (κ2) is 9.31. The Morgan fingerprint density at radius 3 is 2.04 bits per heavy atom. The summed E-state index contributed by atoms with van der Waals surface area (Å²) in [6.45, 7) is 9.92. The van der Waals surface area contributed by atoms with Crippen LogP contribution in [-0.4, -0.2) is 22.3 Å². The number of rotatable bonds is 4. The van der Waals surface area contributed by atoms with Gasteiger partial charge in [-0.2, -0.15) is 0 Å². The lowest BCUT2D eigenvalue weighted by Gasteiger charge is -2.22. The number of anilines is 1. The molecule has 0 fully saturated rings. The number of nitrogens with two attached hydrogens (primary N) is 1. The number of aryl methyl sites for hydroxylation is 1. The Morgan fingerprint density at radius 1 is 1.11 bits per heavy atom. The van der Waals surface area contributed by atoms with E-state index in [1.165, 1.54) is 0 Å². The third-order valence-electron chi connectivity index (χ3n) is 4.24. The van der Waals surface area contributed by atoms with Crippen LogP contribution in [0.2, 0.25) is 0 Å². The molecule has 1 aliphatic rings. The summed E-state index contributed by atoms with van der Waals surface area (Å²) in [4.78, 5) is 11.7. The number of allylic oxidation sites excluding steroid dienone is 4. The molecule has 0 saturated carbocycles. The Bertz CT molecular complexity index is 759. The zero-order valence-corrected chi connectivity index (χ0v) is 16.9. The molecule has 0 aliphatic heterocycles. The zero-order chi connectivity index (χ0) is 20.8. The van der Waals surface area contributed by atoms with Crippen LogP contribution < -0.4 is 5.73 Å². The normalized spacial score (nSPS) is 13.6. The smallest absolute Gasteiger partial charge is 0.142 e. The molecule has 2 rings (SSSR count). The van der Waals surface area contributed by atoms with Crippen molar-refractivity contribution in [2.24, 2.45) is 5.92 Å². The van der Waals surface area contributed by atoms with Gasteiger partial charge in [-0.15, -0.1) is 0 Å². The first kappa shape index (κ1) is 22.4. The van der Waals surface area contributed by atoms with Crippen molar-refractivity contribution < 1.29 is 9.90 Å². The highest BCUT2D eigenvalue weighted by Gasteiger charge is 2.20. The molecule has 0 bridgehead atoms. The molecule has 0 unspecified atom stereocenters. The number of benzene rings is 1. The van der Waals surface area contributed by atoms with Crippen LogP contribution in [0.15, 0.2) is 36.4 Å². The van der Waals surface area contributed by atoms with Gasteiger partial charge in [-0.3, -0.25) is 15.6 Å². The monoisotopic (exact) mass is 369 g/mol. The first-order valence-corrected chi connectivity index (χ1v) is 9.10. The molecular weight excluding hydrogens is 338 g/mol. The fourth-order valence-electron chi connectivity index (χ4n) is 2.47. The molecular formula is C22H31N3O2. The Labute approximate surface area is 162 Å². The maximum Gasteiger partial charge on any atom is 0.142 e. The summed E-state index contributed by atoms with van der Waals surface area (Å²) in [6, 6.07) is 3.72. The molecule has 0 spiro atoms. The second-order valence-electron chi connectivity index (χ2n) is 8.00. The quantitative estimate of drug-likeness (QED) is 0.354. The third kappa shape index (κ3) is 6.85. The summed E-state index contributed by atoms with van der Waals surface area (Å²) in [5, 5.41) is 24.1. The molecule has 27 heavy (non-hydrogen) atoms. The minimum absolute atomic E-state index is 0.0662. The Hall–Kier alpha value is -2.69. The van der Waals surface area contributed by atoms with E-state index < -0.39 is 0 Å². The van der Waals surface area contributed by atoms with E-state index in [1.807, 2.05) is 40.7 Å². The predicted molar refractivity (Wildman–Crippen MR) is 113 cm³/mol. The van der Waals surface area contributed by atoms with E-state index in [1.54, 1.807) is 30.4 Å². The zero-order valence-electron chi connectivity index (χ0n) is 16.9. The van der Waals surface area contributed by atoms with Crippen LogP contribution in [0, 0.1) is 16.7 Å². The summed E-state index contributed by atoms with van der Waals surface area (Å²) >= 11 is 0. The molecule has 0 saturated heterocycles. The number of carbonyl (C=O) groups is 1. The van der Waals surface area contributed by atoms with Gasteiger partial charge >= 0.3 is 0 Å². The van der Waals surface area contributed by atoms with Gasteiger partial charge in [0.05, 0.1) is 17.1 Å². The van der Waals surface area contributed by atoms with Crippen molar-refractivity contribution in [1.82, 2.24) is 0 Å². The van der Waals surface area contributed by atoms with Gasteiger partial charge in [0.25, 0.3) is 0 Å². The van der Waals surface area contributed by atoms with Crippen molar-refractivity contribution in [3.05, 3.63) is 47.6 Å². The lowest BCUT2D eigenvalue weighted by Crippen LogP contribution is -2.13. The first-order valence-electron chi connectivity index (χ1n) is 9.10. The fourth-order valence-corrected chi connectivity index (χ4v) is 2.47. The molecule has 0 atom stereocenters. The lowest BCUT2D eigenvalue weighted by molar-refractivity contribution is -0.121. The Balaban J connectivity index is 0.000000377. The van der Waals surface area contributed by atoms with Crippen molar-refractivity contribution in [1.29, 1.82) is 10.8 Å². The van der Waals surface area contributed by atoms with Gasteiger partial charge in [-0.05, 0) is 35.6 Å². The van der Waals surface area contributed by atoms with Gasteiger partial charge < -0.3 is 10.8 Å². The van der Waals surface area contributed by atoms with Crippen LogP contribution >= 0.6 is 0 Å². The third-order valence-corrected chi connectivity index (χ3v) is 4.24. The molecule has 1 aromatic carbocycles. The van der Waals surface area contributed by atoms with E-state index in [4.69, 9.17) is 16.6 Å². The summed E-state index contributed by atoms with van der Waals surface area (Å²) in [5.74, 6) is 0.479. The SMILES string of the molecule is CC(C)C(=O)CCc1cc(N)c(O)c(C(C)(C)C)c1.N=C1C=CC=CC1=N. The first-order chi connectivity index (χ1) is 12.4. The maximum absolute atomic E-state index is 11.7. The average Bonchev–Trinajstić information content (AvgIpc) is 2.57. The van der Waals surface area contributed by atoms with E-state index in [0.29, 0.717) is 18.5 Å². The molecule has 5 heteroatoms. The minimum atomic E-state index is -0.170. The van der Waals surface area contributed by atoms with Gasteiger partial charge in [-0.1, -0.05) is 52.8 Å². The highest BCUT2D eigenvalue weighted by atomic mass is 16.3. The maximum atomic E-state index is 11.7. The lowest BCUT2D eigenvalue weighted by atomic mass is 9.84. The van der Waals surface area contributed by atoms with Gasteiger partial charge in [0.15, 0.2) is 0 Å². The van der Waals surface area contributed by atoms with Crippen LogP contribution in [-0.2, 0) is 16.6 Å². The summed E-state index contributed by atoms with van der Waals surface area (Å²) in [6.07, 6.45) is 7.89. The van der Waals surface area contributed by atoms with Crippen molar-refractivity contribution in [3.63, 3.8) is 0 Å². The summed E-state index contributed by atoms with van der Waals surface area (Å²) in [5.41, 5.74) is 8.48. The van der Waals surface area contributed by atoms with E-state index in [9.17, 15) is 9.90 Å². The molecule has 1 aliphatic carbocycles. The number of phenols is 1. The van der Waals surface area contributed by atoms with Crippen molar-refractivity contribution >= 4 is 22.9 Å². The molecule has 0 amide bonds. The van der Waals surface area contributed by atoms with Crippen molar-refractivity contribution in [2.45, 2.75) is 52.9 Å². The summed E-state index contributed by atoms with van der Waals surface area (Å²) < 4.78 is 0. The van der Waals surface area contributed by atoms with Gasteiger partial charge in [0, 0.05) is 17.9 Å². The second-order valence-corrected chi connectivity index (χ2v) is 8.00. The van der Waals surface area contributed by atoms with E-state index in [2.05, 4.69) is 0 Å².